The lowest BCUT2D eigenvalue weighted by molar-refractivity contribution is -0.203. The summed E-state index contributed by atoms with van der Waals surface area (Å²) in [6, 6.07) is 5.00. The van der Waals surface area contributed by atoms with Crippen LogP contribution in [0.1, 0.15) is 111 Å². The molecule has 1 aromatic rings. The Hall–Kier alpha value is -3.09. The van der Waals surface area contributed by atoms with Gasteiger partial charge in [0, 0.05) is 41.6 Å². The van der Waals surface area contributed by atoms with Crippen molar-refractivity contribution in [2.45, 2.75) is 106 Å². The largest absolute Gasteiger partial charge is 0.508 e. The van der Waals surface area contributed by atoms with E-state index in [0.29, 0.717) is 36.0 Å². The first-order valence-electron chi connectivity index (χ1n) is 18.2. The van der Waals surface area contributed by atoms with Crippen molar-refractivity contribution in [2.24, 2.45) is 50.2 Å². The molecular formula is C41H57NO6. The number of aromatic hydroxyl groups is 1. The zero-order valence-corrected chi connectivity index (χ0v) is 30.5. The van der Waals surface area contributed by atoms with E-state index in [4.69, 9.17) is 9.47 Å². The molecule has 7 unspecified atom stereocenters. The maximum Gasteiger partial charge on any atom is 0.330 e. The molecule has 1 aromatic carbocycles. The highest BCUT2D eigenvalue weighted by Crippen LogP contribution is 2.75. The van der Waals surface area contributed by atoms with Crippen LogP contribution in [0.15, 0.2) is 35.9 Å². The number of fused-ring (bicyclic) bond motifs is 7. The Morgan fingerprint density at radius 1 is 1.00 bits per heavy atom. The van der Waals surface area contributed by atoms with Crippen molar-refractivity contribution in [3.05, 3.63) is 41.5 Å². The smallest absolute Gasteiger partial charge is 0.330 e. The third-order valence-corrected chi connectivity index (χ3v) is 14.8. The number of allylic oxidation sites excluding steroid dienone is 1. The summed E-state index contributed by atoms with van der Waals surface area (Å²) < 4.78 is 11.9. The monoisotopic (exact) mass is 659 g/mol. The van der Waals surface area contributed by atoms with Crippen molar-refractivity contribution in [1.29, 1.82) is 0 Å². The van der Waals surface area contributed by atoms with Gasteiger partial charge in [0.15, 0.2) is 0 Å². The molecule has 4 fully saturated rings. The molecular weight excluding hydrogens is 602 g/mol. The molecule has 7 atom stereocenters. The minimum absolute atomic E-state index is 0.0229. The lowest BCUT2D eigenvalue weighted by Gasteiger charge is -2.70. The van der Waals surface area contributed by atoms with Crippen LogP contribution in [0.2, 0.25) is 0 Å². The van der Waals surface area contributed by atoms with Gasteiger partial charge >= 0.3 is 11.9 Å². The van der Waals surface area contributed by atoms with E-state index in [1.165, 1.54) is 18.8 Å². The number of hydrogen-bond donors (Lipinski definition) is 2. The second kappa shape index (κ2) is 11.8. The fourth-order valence-corrected chi connectivity index (χ4v) is 12.0. The van der Waals surface area contributed by atoms with Gasteiger partial charge in [-0.15, -0.1) is 0 Å². The van der Waals surface area contributed by atoms with Crippen LogP contribution >= 0.6 is 0 Å². The number of carbonyl (C=O) groups is 3. The van der Waals surface area contributed by atoms with Crippen LogP contribution < -0.4 is 5.32 Å². The number of nitrogens with one attached hydrogen (secondary N) is 1. The zero-order chi connectivity index (χ0) is 34.9. The number of ether oxygens (including phenoxy) is 2. The minimum Gasteiger partial charge on any atom is -0.508 e. The predicted octanol–water partition coefficient (Wildman–Crippen LogP) is 8.51. The van der Waals surface area contributed by atoms with Crippen molar-refractivity contribution in [1.82, 2.24) is 0 Å². The average molecular weight is 660 g/mol. The molecule has 7 heteroatoms. The van der Waals surface area contributed by atoms with E-state index in [0.717, 1.165) is 57.1 Å². The van der Waals surface area contributed by atoms with E-state index < -0.39 is 16.8 Å². The molecule has 5 aliphatic rings. The zero-order valence-electron chi connectivity index (χ0n) is 30.5. The highest BCUT2D eigenvalue weighted by molar-refractivity contribution is 5.89. The Morgan fingerprint density at radius 2 is 1.73 bits per heavy atom. The molecule has 0 heterocycles. The Kier molecular flexibility index (Phi) is 8.52. The predicted molar refractivity (Wildman–Crippen MR) is 188 cm³/mol. The quantitative estimate of drug-likeness (QED) is 0.137. The number of phenols is 1. The van der Waals surface area contributed by atoms with Gasteiger partial charge in [-0.05, 0) is 116 Å². The number of ketones is 1. The number of carbonyl (C=O) groups excluding carboxylic acids is 3. The molecule has 6 rings (SSSR count). The van der Waals surface area contributed by atoms with E-state index in [1.807, 2.05) is 0 Å². The van der Waals surface area contributed by atoms with Crippen molar-refractivity contribution < 1.29 is 29.0 Å². The number of Topliss-reactive ketones (excluding diaryl/α,β-unsaturated/α-hetero) is 1. The number of anilines is 1. The fraction of sp³-hybridized carbons (Fsp3) is 0.683. The highest BCUT2D eigenvalue weighted by atomic mass is 16.5. The summed E-state index contributed by atoms with van der Waals surface area (Å²) in [5.41, 5.74) is 1.32. The van der Waals surface area contributed by atoms with Gasteiger partial charge in [0.2, 0.25) is 0 Å². The molecule has 5 aliphatic carbocycles. The highest BCUT2D eigenvalue weighted by Gasteiger charge is 2.71. The van der Waals surface area contributed by atoms with Gasteiger partial charge in [-0.25, -0.2) is 4.79 Å². The molecule has 0 spiro atoms. The average Bonchev–Trinajstić information content (AvgIpc) is 3.04. The second-order valence-corrected chi connectivity index (χ2v) is 17.7. The molecule has 0 aliphatic heterocycles. The number of methoxy groups -OCH3 is 1. The lowest BCUT2D eigenvalue weighted by atomic mass is 9.33. The molecule has 0 bridgehead atoms. The summed E-state index contributed by atoms with van der Waals surface area (Å²) in [6.45, 7) is 14.1. The van der Waals surface area contributed by atoms with Crippen molar-refractivity contribution >= 4 is 29.5 Å². The van der Waals surface area contributed by atoms with E-state index in [-0.39, 0.29) is 45.9 Å². The molecule has 7 nitrogen and oxygen atoms in total. The SMILES string of the molecule is CNc1ccc(O)cc1/C=C/C(=O)OCC12CCC3(C(=O)OC)CCC(C)(C)CC3C1=CCC1C3(C)CCC(=O)C(C)(C)C3CCC12C. The Bertz CT molecular complexity index is 1560. The van der Waals surface area contributed by atoms with Crippen LogP contribution in [0.25, 0.3) is 6.08 Å². The van der Waals surface area contributed by atoms with Gasteiger partial charge in [0.05, 0.1) is 12.5 Å². The number of hydrogen-bond acceptors (Lipinski definition) is 7. The molecule has 262 valence electrons. The molecule has 48 heavy (non-hydrogen) atoms. The van der Waals surface area contributed by atoms with Crippen molar-refractivity contribution in [3.8, 4) is 5.75 Å². The van der Waals surface area contributed by atoms with Gasteiger partial charge in [-0.1, -0.05) is 53.2 Å². The number of esters is 2. The van der Waals surface area contributed by atoms with Crippen LogP contribution in [0, 0.1) is 50.2 Å². The third-order valence-electron chi connectivity index (χ3n) is 14.8. The molecule has 0 radical (unpaired) electrons. The second-order valence-electron chi connectivity index (χ2n) is 17.7. The first kappa shape index (κ1) is 34.8. The first-order chi connectivity index (χ1) is 22.5. The van der Waals surface area contributed by atoms with Gasteiger partial charge in [-0.2, -0.15) is 0 Å². The summed E-state index contributed by atoms with van der Waals surface area (Å²) in [4.78, 5) is 40.6. The minimum atomic E-state index is -0.564. The van der Waals surface area contributed by atoms with E-state index in [1.54, 1.807) is 31.3 Å². The molecule has 4 saturated carbocycles. The van der Waals surface area contributed by atoms with E-state index in [2.05, 4.69) is 52.9 Å². The van der Waals surface area contributed by atoms with Crippen molar-refractivity contribution in [2.75, 3.05) is 26.1 Å². The first-order valence-corrected chi connectivity index (χ1v) is 18.2. The van der Waals surface area contributed by atoms with Gasteiger partial charge in [0.1, 0.15) is 18.1 Å². The number of benzene rings is 1. The van der Waals surface area contributed by atoms with Gasteiger partial charge in [0.25, 0.3) is 0 Å². The van der Waals surface area contributed by atoms with Gasteiger partial charge in [-0.3, -0.25) is 9.59 Å². The summed E-state index contributed by atoms with van der Waals surface area (Å²) in [7, 11) is 3.33. The Labute approximate surface area is 287 Å². The molecule has 0 amide bonds. The maximum atomic E-state index is 13.8. The number of phenolic OH excluding ortho intramolecular Hbond substituents is 1. The molecule has 0 saturated heterocycles. The van der Waals surface area contributed by atoms with E-state index in [9.17, 15) is 19.5 Å². The summed E-state index contributed by atoms with van der Waals surface area (Å²) >= 11 is 0. The van der Waals surface area contributed by atoms with Crippen LogP contribution in [-0.4, -0.2) is 43.6 Å². The van der Waals surface area contributed by atoms with E-state index >= 15 is 0 Å². The van der Waals surface area contributed by atoms with Crippen LogP contribution in [0.4, 0.5) is 5.69 Å². The fourth-order valence-electron chi connectivity index (χ4n) is 12.0. The molecule has 0 aromatic heterocycles. The van der Waals surface area contributed by atoms with Crippen LogP contribution in [0.5, 0.6) is 5.75 Å². The third kappa shape index (κ3) is 5.07. The Balaban J connectivity index is 1.42. The summed E-state index contributed by atoms with van der Waals surface area (Å²) in [6.07, 6.45) is 14.1. The standard InChI is InChI=1S/C41H57NO6/c1-36(2)19-20-40(35(46)47-8)21-22-41(25-48-34(45)14-9-26-23-27(43)10-12-30(26)42-7)28(29(40)24-36)11-13-32-38(5)17-16-33(44)37(3,4)31(38)15-18-39(32,41)6/h9-12,14,23,29,31-32,42-43H,13,15-22,24-25H2,1-8H3/b14-9+. The Morgan fingerprint density at radius 3 is 2.44 bits per heavy atom. The van der Waals surface area contributed by atoms with Gasteiger partial charge < -0.3 is 19.9 Å². The van der Waals surface area contributed by atoms with Crippen LogP contribution in [-0.2, 0) is 23.9 Å². The lowest BCUT2D eigenvalue weighted by Crippen LogP contribution is -2.66. The van der Waals surface area contributed by atoms with Crippen molar-refractivity contribution in [3.63, 3.8) is 0 Å². The number of rotatable bonds is 6. The summed E-state index contributed by atoms with van der Waals surface area (Å²) in [5, 5.41) is 13.2. The normalized spacial score (nSPS) is 38.0. The topological polar surface area (TPSA) is 102 Å². The maximum absolute atomic E-state index is 13.8. The van der Waals surface area contributed by atoms with Crippen LogP contribution in [0.3, 0.4) is 0 Å². The molecule has 2 N–H and O–H groups in total. The summed E-state index contributed by atoms with van der Waals surface area (Å²) in [5.74, 6) is 0.639.